The molecule has 0 saturated carbocycles. The summed E-state index contributed by atoms with van der Waals surface area (Å²) in [6, 6.07) is 8.11. The molecule has 6 rings (SSSR count). The molecule has 0 radical (unpaired) electrons. The van der Waals surface area contributed by atoms with Crippen molar-refractivity contribution in [1.29, 1.82) is 0 Å². The summed E-state index contributed by atoms with van der Waals surface area (Å²) >= 11 is 6.00. The Balaban J connectivity index is 1.43. The van der Waals surface area contributed by atoms with E-state index in [-0.39, 0.29) is 0 Å². The molecule has 9 nitrogen and oxygen atoms in total. The molecule has 33 heavy (non-hydrogen) atoms. The van der Waals surface area contributed by atoms with Gasteiger partial charge in [-0.2, -0.15) is 9.30 Å². The number of aromatic nitrogens is 7. The quantitative estimate of drug-likeness (QED) is 0.416. The maximum absolute atomic E-state index is 6.00. The molecule has 1 aliphatic heterocycles. The minimum absolute atomic E-state index is 0.687. The number of benzene rings is 1. The Labute approximate surface area is 194 Å². The molecule has 0 bridgehead atoms. The smallest absolute Gasteiger partial charge is 0.180 e. The third-order valence-electron chi connectivity index (χ3n) is 5.67. The van der Waals surface area contributed by atoms with Gasteiger partial charge in [-0.05, 0) is 42.8 Å². The molecule has 0 spiro atoms. The Morgan fingerprint density at radius 1 is 1.09 bits per heavy atom. The summed E-state index contributed by atoms with van der Waals surface area (Å²) in [5.41, 5.74) is 6.58. The van der Waals surface area contributed by atoms with Gasteiger partial charge in [0.25, 0.3) is 0 Å². The molecule has 5 aromatic rings. The van der Waals surface area contributed by atoms with Crippen LogP contribution in [0.2, 0.25) is 0 Å². The van der Waals surface area contributed by atoms with Crippen molar-refractivity contribution in [2.75, 3.05) is 18.4 Å². The standard InChI is InChI=1S/C23H20ClN9/c24-33-13-17(11-28-33)21-12-27-23-22(30-20(14-32(21)23)16-5-7-25-8-6-16)29-18-1-3-19(4-2-18)31-10-9-26-15-31/h1-5,9-15,25H,6-8H2,(H,29,30). The van der Waals surface area contributed by atoms with Crippen LogP contribution < -0.4 is 10.6 Å². The fraction of sp³-hybridized carbons (Fsp3) is 0.130. The van der Waals surface area contributed by atoms with Gasteiger partial charge in [0.2, 0.25) is 0 Å². The second-order valence-electron chi connectivity index (χ2n) is 7.75. The first kappa shape index (κ1) is 19.7. The lowest BCUT2D eigenvalue weighted by atomic mass is 10.1. The Kier molecular flexibility index (Phi) is 4.89. The average molecular weight is 458 g/mol. The van der Waals surface area contributed by atoms with E-state index in [9.17, 15) is 0 Å². The molecule has 10 heteroatoms. The number of fused-ring (bicyclic) bond motifs is 1. The zero-order chi connectivity index (χ0) is 22.2. The summed E-state index contributed by atoms with van der Waals surface area (Å²) in [4.78, 5) is 13.7. The third kappa shape index (κ3) is 3.77. The van der Waals surface area contributed by atoms with E-state index in [1.54, 1.807) is 24.9 Å². The van der Waals surface area contributed by atoms with Crippen LogP contribution in [0.4, 0.5) is 11.5 Å². The predicted octanol–water partition coefficient (Wildman–Crippen LogP) is 3.90. The monoisotopic (exact) mass is 457 g/mol. The molecule has 4 aromatic heterocycles. The van der Waals surface area contributed by atoms with E-state index >= 15 is 0 Å². The van der Waals surface area contributed by atoms with Crippen molar-refractivity contribution in [2.45, 2.75) is 6.42 Å². The lowest BCUT2D eigenvalue weighted by molar-refractivity contribution is 0.736. The number of hydrogen-bond donors (Lipinski definition) is 2. The number of halogens is 1. The minimum atomic E-state index is 0.687. The Morgan fingerprint density at radius 3 is 2.73 bits per heavy atom. The van der Waals surface area contributed by atoms with E-state index in [0.29, 0.717) is 5.82 Å². The summed E-state index contributed by atoms with van der Waals surface area (Å²) in [7, 11) is 0. The largest absolute Gasteiger partial charge is 0.337 e. The Morgan fingerprint density at radius 2 is 2.00 bits per heavy atom. The average Bonchev–Trinajstić information content (AvgIpc) is 3.61. The van der Waals surface area contributed by atoms with Crippen LogP contribution in [0.1, 0.15) is 12.1 Å². The van der Waals surface area contributed by atoms with Crippen LogP contribution >= 0.6 is 11.8 Å². The molecule has 0 fully saturated rings. The van der Waals surface area contributed by atoms with Gasteiger partial charge >= 0.3 is 0 Å². The molecule has 0 aliphatic carbocycles. The van der Waals surface area contributed by atoms with Gasteiger partial charge in [0.1, 0.15) is 0 Å². The molecule has 2 N–H and O–H groups in total. The zero-order valence-corrected chi connectivity index (χ0v) is 18.3. The van der Waals surface area contributed by atoms with Crippen LogP contribution in [0, 0.1) is 0 Å². The van der Waals surface area contributed by atoms with Crippen molar-refractivity contribution in [3.05, 3.63) is 79.5 Å². The summed E-state index contributed by atoms with van der Waals surface area (Å²) in [5, 5.41) is 10.9. The van der Waals surface area contributed by atoms with E-state index in [1.165, 1.54) is 9.77 Å². The molecule has 0 unspecified atom stereocenters. The van der Waals surface area contributed by atoms with Gasteiger partial charge in [-0.25, -0.2) is 15.0 Å². The van der Waals surface area contributed by atoms with Crippen LogP contribution in [0.5, 0.6) is 0 Å². The van der Waals surface area contributed by atoms with Crippen molar-refractivity contribution < 1.29 is 0 Å². The topological polar surface area (TPSA) is 89.9 Å². The fourth-order valence-corrected chi connectivity index (χ4v) is 4.14. The highest BCUT2D eigenvalue weighted by Gasteiger charge is 2.17. The maximum Gasteiger partial charge on any atom is 0.180 e. The van der Waals surface area contributed by atoms with Gasteiger partial charge in [0.15, 0.2) is 11.5 Å². The van der Waals surface area contributed by atoms with Crippen LogP contribution in [0.15, 0.2) is 73.8 Å². The van der Waals surface area contributed by atoms with Crippen LogP contribution in [0.3, 0.4) is 0 Å². The summed E-state index contributed by atoms with van der Waals surface area (Å²) < 4.78 is 5.27. The first-order chi connectivity index (χ1) is 16.2. The van der Waals surface area contributed by atoms with Gasteiger partial charge < -0.3 is 15.2 Å². The first-order valence-corrected chi connectivity index (χ1v) is 10.9. The molecule has 0 saturated heterocycles. The highest BCUT2D eigenvalue weighted by molar-refractivity contribution is 6.14. The number of anilines is 2. The zero-order valence-electron chi connectivity index (χ0n) is 17.6. The van der Waals surface area contributed by atoms with Crippen molar-refractivity contribution in [2.24, 2.45) is 0 Å². The highest BCUT2D eigenvalue weighted by Crippen LogP contribution is 2.29. The number of hydrogen-bond acceptors (Lipinski definition) is 6. The molecular formula is C23H20ClN9. The predicted molar refractivity (Wildman–Crippen MR) is 128 cm³/mol. The number of nitrogens with zero attached hydrogens (tertiary/aromatic N) is 7. The number of rotatable bonds is 5. The van der Waals surface area contributed by atoms with Crippen LogP contribution in [0.25, 0.3) is 28.2 Å². The van der Waals surface area contributed by atoms with E-state index in [2.05, 4.69) is 31.8 Å². The fourth-order valence-electron chi connectivity index (χ4n) is 3.99. The molecule has 0 atom stereocenters. The molecule has 5 heterocycles. The molecule has 0 amide bonds. The first-order valence-electron chi connectivity index (χ1n) is 10.6. The summed E-state index contributed by atoms with van der Waals surface area (Å²) in [5.74, 6) is 0.687. The van der Waals surface area contributed by atoms with Gasteiger partial charge in [-0.3, -0.25) is 4.40 Å². The van der Waals surface area contributed by atoms with E-state index < -0.39 is 0 Å². The maximum atomic E-state index is 6.00. The number of nitrogens with one attached hydrogen (secondary N) is 2. The minimum Gasteiger partial charge on any atom is -0.337 e. The summed E-state index contributed by atoms with van der Waals surface area (Å²) in [6.45, 7) is 1.77. The van der Waals surface area contributed by atoms with Gasteiger partial charge in [-0.1, -0.05) is 6.08 Å². The van der Waals surface area contributed by atoms with Crippen molar-refractivity contribution in [3.63, 3.8) is 0 Å². The lowest BCUT2D eigenvalue weighted by Gasteiger charge is -2.16. The van der Waals surface area contributed by atoms with Crippen LogP contribution in [-0.4, -0.2) is 46.3 Å². The third-order valence-corrected chi connectivity index (χ3v) is 5.85. The van der Waals surface area contributed by atoms with E-state index in [0.717, 1.165) is 53.5 Å². The highest BCUT2D eigenvalue weighted by atomic mass is 35.5. The second-order valence-corrected chi connectivity index (χ2v) is 8.10. The SMILES string of the molecule is Cln1cc(-c2cnc3c(Nc4ccc(-n5ccnc5)cc4)nc(C4=CCNCC4)cn23)cn1. The normalized spacial score (nSPS) is 13.9. The summed E-state index contributed by atoms with van der Waals surface area (Å²) in [6.07, 6.45) is 15.9. The molecule has 1 aliphatic rings. The molecule has 1 aromatic carbocycles. The molecule has 164 valence electrons. The van der Waals surface area contributed by atoms with Crippen molar-refractivity contribution in [3.8, 4) is 16.9 Å². The van der Waals surface area contributed by atoms with Gasteiger partial charge in [-0.15, -0.1) is 0 Å². The van der Waals surface area contributed by atoms with Gasteiger partial charge in [0, 0.05) is 53.9 Å². The lowest BCUT2D eigenvalue weighted by Crippen LogP contribution is -2.20. The number of imidazole rings is 2. The van der Waals surface area contributed by atoms with Crippen molar-refractivity contribution in [1.82, 2.24) is 38.5 Å². The van der Waals surface area contributed by atoms with E-state index in [4.69, 9.17) is 16.8 Å². The Hall–Kier alpha value is -3.95. The second kappa shape index (κ2) is 8.19. The molecular weight excluding hydrogens is 438 g/mol. The Bertz CT molecular complexity index is 1450. The van der Waals surface area contributed by atoms with Crippen LogP contribution in [-0.2, 0) is 0 Å². The van der Waals surface area contributed by atoms with Gasteiger partial charge in [0.05, 0.1) is 36.3 Å². The van der Waals surface area contributed by atoms with E-state index in [1.807, 2.05) is 51.8 Å². The van der Waals surface area contributed by atoms with Crippen molar-refractivity contribution >= 4 is 34.5 Å².